The van der Waals surface area contributed by atoms with Gasteiger partial charge in [0.15, 0.2) is 0 Å². The Balaban J connectivity index is 1.53. The fourth-order valence-corrected chi connectivity index (χ4v) is 5.11. The Hall–Kier alpha value is -0.940. The highest BCUT2D eigenvalue weighted by Crippen LogP contribution is 2.43. The molecule has 1 saturated heterocycles. The summed E-state index contributed by atoms with van der Waals surface area (Å²) in [6.45, 7) is 0.724. The molecule has 0 amide bonds. The quantitative estimate of drug-likeness (QED) is 0.928. The Labute approximate surface area is 129 Å². The zero-order valence-electron chi connectivity index (χ0n) is 12.2. The first-order valence-corrected chi connectivity index (χ1v) is 9.03. The van der Waals surface area contributed by atoms with Gasteiger partial charge in [0.2, 0.25) is 0 Å². The summed E-state index contributed by atoms with van der Waals surface area (Å²) in [7, 11) is 0. The van der Waals surface area contributed by atoms with E-state index in [9.17, 15) is 9.90 Å². The van der Waals surface area contributed by atoms with Crippen LogP contribution in [-0.4, -0.2) is 33.0 Å². The van der Waals surface area contributed by atoms with Gasteiger partial charge in [-0.2, -0.15) is 0 Å². The van der Waals surface area contributed by atoms with Gasteiger partial charge in [0.05, 0.1) is 10.7 Å². The smallest absolute Gasteiger partial charge is 0.320 e. The lowest BCUT2D eigenvalue weighted by atomic mass is 9.85. The minimum atomic E-state index is -0.651. The fraction of sp³-hybridized carbons (Fsp3) is 0.750. The molecule has 114 valence electrons. The maximum absolute atomic E-state index is 11.6. The zero-order chi connectivity index (χ0) is 14.4. The lowest BCUT2D eigenvalue weighted by Crippen LogP contribution is -2.41. The lowest BCUT2D eigenvalue weighted by molar-refractivity contribution is -0.142. The summed E-state index contributed by atoms with van der Waals surface area (Å²) in [6.07, 6.45) is 8.26. The van der Waals surface area contributed by atoms with E-state index in [4.69, 9.17) is 4.98 Å². The molecule has 1 aromatic heterocycles. The van der Waals surface area contributed by atoms with E-state index in [0.29, 0.717) is 17.9 Å². The number of fused-ring (bicyclic) bond motifs is 1. The molecule has 0 spiro atoms. The number of rotatable bonds is 4. The zero-order valence-corrected chi connectivity index (χ0v) is 13.0. The van der Waals surface area contributed by atoms with Crippen LogP contribution < -0.4 is 0 Å². The van der Waals surface area contributed by atoms with Crippen molar-refractivity contribution in [2.75, 3.05) is 0 Å². The Morgan fingerprint density at radius 1 is 1.33 bits per heavy atom. The van der Waals surface area contributed by atoms with Crippen molar-refractivity contribution in [3.63, 3.8) is 0 Å². The standard InChI is InChI=1S/C16H22N2O2S/c19-16(20)14-7-11-3-1-2-4-13(11)18(14)8-12-9-21-15(17-12)10-5-6-10/h9-11,13-14H,1-8H2,(H,19,20). The van der Waals surface area contributed by atoms with Gasteiger partial charge in [-0.25, -0.2) is 4.98 Å². The third kappa shape index (κ3) is 2.61. The van der Waals surface area contributed by atoms with Crippen LogP contribution >= 0.6 is 11.3 Å². The average Bonchev–Trinajstić information content (AvgIpc) is 3.12. The minimum Gasteiger partial charge on any atom is -0.480 e. The average molecular weight is 306 g/mol. The molecule has 0 bridgehead atoms. The van der Waals surface area contributed by atoms with E-state index in [1.807, 2.05) is 0 Å². The van der Waals surface area contributed by atoms with Crippen LogP contribution in [0, 0.1) is 5.92 Å². The summed E-state index contributed by atoms with van der Waals surface area (Å²) >= 11 is 1.76. The fourth-order valence-electron chi connectivity index (χ4n) is 4.12. The maximum Gasteiger partial charge on any atom is 0.320 e. The molecule has 4 nitrogen and oxygen atoms in total. The van der Waals surface area contributed by atoms with Crippen LogP contribution in [0.3, 0.4) is 0 Å². The molecule has 2 saturated carbocycles. The van der Waals surface area contributed by atoms with Gasteiger partial charge in [0.1, 0.15) is 6.04 Å². The highest BCUT2D eigenvalue weighted by molar-refractivity contribution is 7.09. The Morgan fingerprint density at radius 3 is 2.90 bits per heavy atom. The van der Waals surface area contributed by atoms with Crippen molar-refractivity contribution < 1.29 is 9.90 Å². The van der Waals surface area contributed by atoms with Crippen LogP contribution in [0.5, 0.6) is 0 Å². The molecule has 1 aliphatic heterocycles. The number of aromatic nitrogens is 1. The Bertz CT molecular complexity index is 540. The molecule has 3 fully saturated rings. The van der Waals surface area contributed by atoms with Crippen molar-refractivity contribution in [3.05, 3.63) is 16.1 Å². The summed E-state index contributed by atoms with van der Waals surface area (Å²) in [6, 6.07) is 0.162. The second-order valence-corrected chi connectivity index (χ2v) is 7.71. The molecular weight excluding hydrogens is 284 g/mol. The molecule has 5 heteroatoms. The largest absolute Gasteiger partial charge is 0.480 e. The van der Waals surface area contributed by atoms with Crippen molar-refractivity contribution >= 4 is 17.3 Å². The van der Waals surface area contributed by atoms with Crippen LogP contribution in [0.4, 0.5) is 0 Å². The molecular formula is C16H22N2O2S. The number of hydrogen-bond acceptors (Lipinski definition) is 4. The number of thiazole rings is 1. The molecule has 3 atom stereocenters. The van der Waals surface area contributed by atoms with Crippen LogP contribution in [-0.2, 0) is 11.3 Å². The summed E-state index contributed by atoms with van der Waals surface area (Å²) in [5, 5.41) is 13.0. The van der Waals surface area contributed by atoms with Gasteiger partial charge in [-0.15, -0.1) is 11.3 Å². The Kier molecular flexibility index (Phi) is 3.50. The topological polar surface area (TPSA) is 53.4 Å². The van der Waals surface area contributed by atoms with Crippen LogP contribution in [0.2, 0.25) is 0 Å². The number of aliphatic carboxylic acids is 1. The van der Waals surface area contributed by atoms with Gasteiger partial charge < -0.3 is 5.11 Å². The van der Waals surface area contributed by atoms with Crippen molar-refractivity contribution in [3.8, 4) is 0 Å². The van der Waals surface area contributed by atoms with E-state index < -0.39 is 5.97 Å². The van der Waals surface area contributed by atoms with Gasteiger partial charge in [-0.1, -0.05) is 12.8 Å². The van der Waals surface area contributed by atoms with Crippen LogP contribution in [0.25, 0.3) is 0 Å². The minimum absolute atomic E-state index is 0.302. The summed E-state index contributed by atoms with van der Waals surface area (Å²) in [5.74, 6) is 0.628. The SMILES string of the molecule is O=C(O)C1CC2CCCCC2N1Cc1csc(C2CC2)n1. The molecule has 1 aromatic rings. The van der Waals surface area contributed by atoms with Gasteiger partial charge in [0, 0.05) is 23.9 Å². The second-order valence-electron chi connectivity index (χ2n) is 6.83. The Morgan fingerprint density at radius 2 is 2.14 bits per heavy atom. The van der Waals surface area contributed by atoms with E-state index >= 15 is 0 Å². The summed E-state index contributed by atoms with van der Waals surface area (Å²) in [4.78, 5) is 18.6. The van der Waals surface area contributed by atoms with Crippen molar-refractivity contribution in [2.45, 2.75) is 69.5 Å². The number of carbonyl (C=O) groups is 1. The predicted molar refractivity (Wildman–Crippen MR) is 81.4 cm³/mol. The molecule has 3 aliphatic rings. The first-order chi connectivity index (χ1) is 10.2. The molecule has 3 unspecified atom stereocenters. The van der Waals surface area contributed by atoms with Gasteiger partial charge in [-0.3, -0.25) is 9.69 Å². The highest BCUT2D eigenvalue weighted by Gasteiger charge is 2.45. The van der Waals surface area contributed by atoms with Crippen LogP contribution in [0.15, 0.2) is 5.38 Å². The number of carboxylic acid groups (broad SMARTS) is 1. The predicted octanol–water partition coefficient (Wildman–Crippen LogP) is 3.24. The van der Waals surface area contributed by atoms with E-state index in [2.05, 4.69) is 10.3 Å². The number of nitrogens with zero attached hydrogens (tertiary/aromatic N) is 2. The maximum atomic E-state index is 11.6. The van der Waals surface area contributed by atoms with Crippen molar-refractivity contribution in [2.24, 2.45) is 5.92 Å². The van der Waals surface area contributed by atoms with Gasteiger partial charge in [0.25, 0.3) is 0 Å². The normalized spacial score (nSPS) is 33.0. The van der Waals surface area contributed by atoms with Crippen molar-refractivity contribution in [1.82, 2.24) is 9.88 Å². The van der Waals surface area contributed by atoms with E-state index in [1.165, 1.54) is 37.1 Å². The van der Waals surface area contributed by atoms with Gasteiger partial charge in [-0.05, 0) is 38.0 Å². The summed E-state index contributed by atoms with van der Waals surface area (Å²) in [5.41, 5.74) is 1.08. The molecule has 1 N–H and O–H groups in total. The lowest BCUT2D eigenvalue weighted by Gasteiger charge is -2.32. The first-order valence-electron chi connectivity index (χ1n) is 8.15. The van der Waals surface area contributed by atoms with E-state index in [0.717, 1.165) is 25.1 Å². The number of likely N-dealkylation sites (tertiary alicyclic amines) is 1. The van der Waals surface area contributed by atoms with Crippen molar-refractivity contribution in [1.29, 1.82) is 0 Å². The first kappa shape index (κ1) is 13.7. The molecule has 0 aromatic carbocycles. The molecule has 2 heterocycles. The molecule has 0 radical (unpaired) electrons. The summed E-state index contributed by atoms with van der Waals surface area (Å²) < 4.78 is 0. The molecule has 21 heavy (non-hydrogen) atoms. The van der Waals surface area contributed by atoms with E-state index in [-0.39, 0.29) is 6.04 Å². The highest BCUT2D eigenvalue weighted by atomic mass is 32.1. The molecule has 2 aliphatic carbocycles. The van der Waals surface area contributed by atoms with Gasteiger partial charge >= 0.3 is 5.97 Å². The number of carboxylic acids is 1. The third-order valence-electron chi connectivity index (χ3n) is 5.35. The number of hydrogen-bond donors (Lipinski definition) is 1. The monoisotopic (exact) mass is 306 g/mol. The third-order valence-corrected chi connectivity index (χ3v) is 6.40. The van der Waals surface area contributed by atoms with E-state index in [1.54, 1.807) is 11.3 Å². The molecule has 4 rings (SSSR count). The van der Waals surface area contributed by atoms with Crippen LogP contribution in [0.1, 0.15) is 61.6 Å². The second kappa shape index (κ2) is 5.36.